The summed E-state index contributed by atoms with van der Waals surface area (Å²) in [5.41, 5.74) is 3.22. The maximum atomic E-state index is 10.0. The van der Waals surface area contributed by atoms with Crippen molar-refractivity contribution in [2.75, 3.05) is 0 Å². The topological polar surface area (TPSA) is 100 Å². The fraction of sp³-hybridized carbons (Fsp3) is 0. The third kappa shape index (κ3) is 5.62. The Morgan fingerprint density at radius 2 is 1.29 bits per heavy atom. The minimum atomic E-state index is -0.966. The van der Waals surface area contributed by atoms with Crippen LogP contribution in [-0.2, 0) is 19.5 Å². The van der Waals surface area contributed by atoms with Crippen molar-refractivity contribution in [1.29, 1.82) is 0 Å². The van der Waals surface area contributed by atoms with Crippen molar-refractivity contribution in [2.45, 2.75) is 0 Å². The Balaban J connectivity index is 0.000000284. The van der Waals surface area contributed by atoms with E-state index in [2.05, 4.69) is 9.97 Å². The van der Waals surface area contributed by atoms with E-state index in [0.717, 1.165) is 0 Å². The van der Waals surface area contributed by atoms with E-state index in [1.54, 1.807) is 0 Å². The summed E-state index contributed by atoms with van der Waals surface area (Å²) in [5.74, 6) is -1.93. The molecule has 86 valence electrons. The van der Waals surface area contributed by atoms with Crippen LogP contribution in [0.4, 0.5) is 0 Å². The quantitative estimate of drug-likeness (QED) is 0.816. The van der Waals surface area contributed by atoms with Gasteiger partial charge in [0.2, 0.25) is 0 Å². The van der Waals surface area contributed by atoms with Gasteiger partial charge in [-0.25, -0.2) is 19.6 Å². The SMILES string of the molecule is O=C(O)c1cscn1.O=C(O)c1cscn1.[Zn]. The van der Waals surface area contributed by atoms with E-state index in [0.29, 0.717) is 0 Å². The molecule has 0 atom stereocenters. The van der Waals surface area contributed by atoms with Gasteiger partial charge in [-0.2, -0.15) is 0 Å². The van der Waals surface area contributed by atoms with Gasteiger partial charge in [-0.1, -0.05) is 0 Å². The number of rotatable bonds is 2. The standard InChI is InChI=1S/2C4H3NO2S.Zn/c2*6-4(7)3-1-8-2-5-3;/h2*1-2H,(H,6,7);. The zero-order valence-corrected chi connectivity index (χ0v) is 13.0. The Morgan fingerprint density at radius 3 is 1.41 bits per heavy atom. The number of carboxylic acid groups (broad SMARTS) is 2. The van der Waals surface area contributed by atoms with E-state index >= 15 is 0 Å². The molecule has 0 saturated carbocycles. The Bertz CT molecular complexity index is 414. The smallest absolute Gasteiger partial charge is 0.355 e. The molecule has 2 aromatic heterocycles. The predicted molar refractivity (Wildman–Crippen MR) is 58.1 cm³/mol. The summed E-state index contributed by atoms with van der Waals surface area (Å²) in [5, 5.41) is 19.4. The minimum absolute atomic E-state index is 0. The van der Waals surface area contributed by atoms with Gasteiger partial charge >= 0.3 is 11.9 Å². The van der Waals surface area contributed by atoms with Crippen LogP contribution >= 0.6 is 22.7 Å². The number of nitrogens with zero attached hydrogens (tertiary/aromatic N) is 2. The van der Waals surface area contributed by atoms with Crippen molar-refractivity contribution in [3.63, 3.8) is 0 Å². The minimum Gasteiger partial charge on any atom is -0.476 e. The molecule has 0 unspecified atom stereocenters. The van der Waals surface area contributed by atoms with Crippen LogP contribution in [0.25, 0.3) is 0 Å². The number of carbonyl (C=O) groups is 2. The van der Waals surface area contributed by atoms with Gasteiger partial charge in [0.15, 0.2) is 11.4 Å². The number of thiazole rings is 2. The molecule has 0 amide bonds. The summed E-state index contributed by atoms with van der Waals surface area (Å²) in [7, 11) is 0. The van der Waals surface area contributed by atoms with Crippen LogP contribution in [0.1, 0.15) is 21.0 Å². The molecule has 0 radical (unpaired) electrons. The van der Waals surface area contributed by atoms with Gasteiger partial charge in [-0.05, 0) is 0 Å². The van der Waals surface area contributed by atoms with Gasteiger partial charge in [0.1, 0.15) is 0 Å². The summed E-state index contributed by atoms with van der Waals surface area (Å²) < 4.78 is 0. The Labute approximate surface area is 117 Å². The second kappa shape index (κ2) is 7.99. The van der Waals surface area contributed by atoms with E-state index in [4.69, 9.17) is 10.2 Å². The molecule has 17 heavy (non-hydrogen) atoms. The summed E-state index contributed by atoms with van der Waals surface area (Å²) in [6.07, 6.45) is 0. The molecule has 0 fully saturated rings. The maximum Gasteiger partial charge on any atom is 0.355 e. The molecule has 0 aliphatic rings. The van der Waals surface area contributed by atoms with Gasteiger partial charge in [0.05, 0.1) is 11.0 Å². The largest absolute Gasteiger partial charge is 0.476 e. The molecular weight excluding hydrogens is 318 g/mol. The maximum absolute atomic E-state index is 10.0. The van der Waals surface area contributed by atoms with E-state index < -0.39 is 11.9 Å². The molecule has 0 aliphatic carbocycles. The van der Waals surface area contributed by atoms with Crippen LogP contribution in [0.2, 0.25) is 0 Å². The van der Waals surface area contributed by atoms with Crippen LogP contribution in [0.5, 0.6) is 0 Å². The van der Waals surface area contributed by atoms with Crippen molar-refractivity contribution in [1.82, 2.24) is 9.97 Å². The molecule has 0 aliphatic heterocycles. The van der Waals surface area contributed by atoms with Crippen molar-refractivity contribution >= 4 is 34.6 Å². The predicted octanol–water partition coefficient (Wildman–Crippen LogP) is 1.68. The molecular formula is C8H6N2O4S2Zn. The first-order chi connectivity index (χ1) is 7.61. The fourth-order valence-electron chi connectivity index (χ4n) is 0.636. The number of aromatic nitrogens is 2. The molecule has 2 rings (SSSR count). The van der Waals surface area contributed by atoms with Crippen molar-refractivity contribution in [3.05, 3.63) is 33.2 Å². The average Bonchev–Trinajstić information content (AvgIpc) is 2.93. The van der Waals surface area contributed by atoms with E-state index in [9.17, 15) is 9.59 Å². The van der Waals surface area contributed by atoms with Gasteiger partial charge < -0.3 is 10.2 Å². The van der Waals surface area contributed by atoms with E-state index in [-0.39, 0.29) is 30.9 Å². The number of aromatic carboxylic acids is 2. The van der Waals surface area contributed by atoms with Crippen LogP contribution in [0.3, 0.4) is 0 Å². The first-order valence-electron chi connectivity index (χ1n) is 3.84. The molecule has 0 bridgehead atoms. The van der Waals surface area contributed by atoms with Crippen molar-refractivity contribution in [2.24, 2.45) is 0 Å². The summed E-state index contributed by atoms with van der Waals surface area (Å²) in [6.45, 7) is 0. The second-order valence-electron chi connectivity index (χ2n) is 2.36. The number of hydrogen-bond acceptors (Lipinski definition) is 6. The third-order valence-electron chi connectivity index (χ3n) is 1.30. The summed E-state index contributed by atoms with van der Waals surface area (Å²) in [6, 6.07) is 0. The molecule has 0 aromatic carbocycles. The molecule has 2 heterocycles. The molecule has 2 N–H and O–H groups in total. The second-order valence-corrected chi connectivity index (χ2v) is 3.80. The first-order valence-corrected chi connectivity index (χ1v) is 5.72. The van der Waals surface area contributed by atoms with Crippen LogP contribution in [-0.4, -0.2) is 32.1 Å². The Kier molecular flexibility index (Phi) is 7.44. The monoisotopic (exact) mass is 322 g/mol. The van der Waals surface area contributed by atoms with Crippen LogP contribution in [0.15, 0.2) is 21.8 Å². The van der Waals surface area contributed by atoms with E-state index in [1.165, 1.54) is 44.5 Å². The van der Waals surface area contributed by atoms with Gasteiger partial charge in [0.25, 0.3) is 0 Å². The number of hydrogen-bond donors (Lipinski definition) is 2. The van der Waals surface area contributed by atoms with E-state index in [1.807, 2.05) is 0 Å². The fourth-order valence-corrected chi connectivity index (χ4v) is 1.69. The molecule has 0 spiro atoms. The molecule has 9 heteroatoms. The first kappa shape index (κ1) is 15.8. The van der Waals surface area contributed by atoms with Gasteiger partial charge in [-0.3, -0.25) is 0 Å². The summed E-state index contributed by atoms with van der Waals surface area (Å²) in [4.78, 5) is 27.1. The van der Waals surface area contributed by atoms with Gasteiger partial charge in [-0.15, -0.1) is 22.7 Å². The van der Waals surface area contributed by atoms with Crippen LogP contribution < -0.4 is 0 Å². The molecule has 2 aromatic rings. The Hall–Kier alpha value is -1.18. The zero-order valence-electron chi connectivity index (χ0n) is 8.44. The Morgan fingerprint density at radius 1 is 0.941 bits per heavy atom. The number of carboxylic acids is 2. The molecule has 6 nitrogen and oxygen atoms in total. The normalized spacial score (nSPS) is 8.47. The molecule has 0 saturated heterocycles. The van der Waals surface area contributed by atoms with Crippen molar-refractivity contribution in [3.8, 4) is 0 Å². The van der Waals surface area contributed by atoms with Crippen LogP contribution in [0, 0.1) is 0 Å². The van der Waals surface area contributed by atoms with Crippen molar-refractivity contribution < 1.29 is 39.3 Å². The summed E-state index contributed by atoms with van der Waals surface area (Å²) >= 11 is 2.55. The average molecular weight is 324 g/mol. The van der Waals surface area contributed by atoms with Gasteiger partial charge in [0, 0.05) is 30.2 Å². The third-order valence-corrected chi connectivity index (χ3v) is 2.48. The zero-order chi connectivity index (χ0) is 12.0.